The Morgan fingerprint density at radius 2 is 1.94 bits per heavy atom. The molecule has 3 rings (SSSR count). The number of likely N-dealkylation sites (tertiary alicyclic amines) is 1. The van der Waals surface area contributed by atoms with E-state index < -0.39 is 0 Å². The highest BCUT2D eigenvalue weighted by molar-refractivity contribution is 5.87. The first-order valence-corrected chi connectivity index (χ1v) is 11.3. The van der Waals surface area contributed by atoms with Crippen LogP contribution in [0.2, 0.25) is 0 Å². The van der Waals surface area contributed by atoms with Crippen molar-refractivity contribution >= 4 is 17.7 Å². The second-order valence-corrected chi connectivity index (χ2v) is 8.45. The van der Waals surface area contributed by atoms with Crippen LogP contribution < -0.4 is 15.4 Å². The van der Waals surface area contributed by atoms with E-state index in [1.807, 2.05) is 20.8 Å². The number of nitrogens with zero attached hydrogens (tertiary/aromatic N) is 5. The molecule has 0 aliphatic carbocycles. The third-order valence-electron chi connectivity index (χ3n) is 5.68. The van der Waals surface area contributed by atoms with Gasteiger partial charge in [-0.15, -0.1) is 0 Å². The van der Waals surface area contributed by atoms with Crippen molar-refractivity contribution in [2.45, 2.75) is 51.8 Å². The van der Waals surface area contributed by atoms with Crippen molar-refractivity contribution in [3.05, 3.63) is 42.9 Å². The Balaban J connectivity index is 1.53. The first-order chi connectivity index (χ1) is 15.9. The molecule has 3 N–H and O–H groups in total. The number of aromatic nitrogens is 4. The zero-order valence-corrected chi connectivity index (χ0v) is 19.4. The molecule has 2 aromatic rings. The van der Waals surface area contributed by atoms with Gasteiger partial charge in [-0.05, 0) is 25.0 Å². The van der Waals surface area contributed by atoms with Gasteiger partial charge in [-0.25, -0.2) is 15.0 Å². The Hall–Kier alpha value is -3.27. The molecule has 3 heterocycles. The van der Waals surface area contributed by atoms with Crippen LogP contribution in [0, 0.1) is 5.92 Å². The molecule has 0 aromatic carbocycles. The monoisotopic (exact) mass is 455 g/mol. The maximum atomic E-state index is 11.7. The second kappa shape index (κ2) is 11.6. The van der Waals surface area contributed by atoms with E-state index >= 15 is 0 Å². The number of rotatable bonds is 10. The van der Waals surface area contributed by atoms with Gasteiger partial charge in [-0.1, -0.05) is 20.4 Å². The Labute approximate surface area is 194 Å². The summed E-state index contributed by atoms with van der Waals surface area (Å²) in [6.07, 6.45) is 7.90. The number of piperidine rings is 1. The third kappa shape index (κ3) is 6.85. The molecular weight excluding hydrogens is 422 g/mol. The number of aliphatic hydroxyl groups excluding tert-OH is 1. The van der Waals surface area contributed by atoms with Gasteiger partial charge in [0, 0.05) is 50.1 Å². The number of aliphatic hydroxyl groups is 1. The molecular formula is C23H33N7O3. The average molecular weight is 456 g/mol. The quantitative estimate of drug-likeness (QED) is 0.463. The van der Waals surface area contributed by atoms with Crippen LogP contribution in [0.3, 0.4) is 0 Å². The summed E-state index contributed by atoms with van der Waals surface area (Å²) in [5.74, 6) is 1.33. The van der Waals surface area contributed by atoms with E-state index in [0.717, 1.165) is 18.4 Å². The first kappa shape index (κ1) is 24.4. The van der Waals surface area contributed by atoms with Gasteiger partial charge in [-0.3, -0.25) is 4.79 Å². The molecule has 1 aliphatic rings. The highest BCUT2D eigenvalue weighted by Gasteiger charge is 2.23. The smallest absolute Gasteiger partial charge is 0.316 e. The fraction of sp³-hybridized carbons (Fsp3) is 0.522. The van der Waals surface area contributed by atoms with E-state index in [1.165, 1.54) is 6.08 Å². The number of ether oxygens (including phenoxy) is 1. The highest BCUT2D eigenvalue weighted by Crippen LogP contribution is 2.20. The lowest BCUT2D eigenvalue weighted by atomic mass is 10.1. The Kier molecular flexibility index (Phi) is 8.53. The summed E-state index contributed by atoms with van der Waals surface area (Å²) in [5, 5.41) is 16.0. The number of hydrogen-bond donors (Lipinski definition) is 3. The fourth-order valence-electron chi connectivity index (χ4n) is 3.48. The number of amides is 1. The lowest BCUT2D eigenvalue weighted by molar-refractivity contribution is -0.127. The maximum Gasteiger partial charge on any atom is 0.316 e. The SMILES string of the molecule is C=CC(=O)N1CCC(Oc2ncc(C(C)Nc3nccc(N[C@H](CO)C(C)C)n3)cn2)CC1. The lowest BCUT2D eigenvalue weighted by Gasteiger charge is -2.30. The molecule has 0 saturated carbocycles. The average Bonchev–Trinajstić information content (AvgIpc) is 2.83. The van der Waals surface area contributed by atoms with Crippen LogP contribution in [-0.4, -0.2) is 67.7 Å². The molecule has 1 unspecified atom stereocenters. The van der Waals surface area contributed by atoms with Crippen molar-refractivity contribution in [1.82, 2.24) is 24.8 Å². The van der Waals surface area contributed by atoms with Gasteiger partial charge in [-0.2, -0.15) is 4.98 Å². The van der Waals surface area contributed by atoms with Crippen molar-refractivity contribution < 1.29 is 14.6 Å². The molecule has 0 spiro atoms. The predicted octanol–water partition coefficient (Wildman–Crippen LogP) is 2.42. The summed E-state index contributed by atoms with van der Waals surface area (Å²) >= 11 is 0. The summed E-state index contributed by atoms with van der Waals surface area (Å²) < 4.78 is 5.89. The minimum absolute atomic E-state index is 0.0162. The molecule has 0 bridgehead atoms. The number of carbonyl (C=O) groups is 1. The van der Waals surface area contributed by atoms with Gasteiger partial charge in [0.15, 0.2) is 0 Å². The largest absolute Gasteiger partial charge is 0.460 e. The van der Waals surface area contributed by atoms with E-state index in [-0.39, 0.29) is 36.6 Å². The highest BCUT2D eigenvalue weighted by atomic mass is 16.5. The van der Waals surface area contributed by atoms with Gasteiger partial charge in [0.05, 0.1) is 18.7 Å². The molecule has 0 radical (unpaired) electrons. The molecule has 1 aliphatic heterocycles. The van der Waals surface area contributed by atoms with Crippen LogP contribution in [0.25, 0.3) is 0 Å². The summed E-state index contributed by atoms with van der Waals surface area (Å²) in [7, 11) is 0. The minimum Gasteiger partial charge on any atom is -0.460 e. The van der Waals surface area contributed by atoms with Gasteiger partial charge in [0.25, 0.3) is 0 Å². The third-order valence-corrected chi connectivity index (χ3v) is 5.68. The van der Waals surface area contributed by atoms with Crippen molar-refractivity contribution in [1.29, 1.82) is 0 Å². The zero-order chi connectivity index (χ0) is 23.8. The predicted molar refractivity (Wildman–Crippen MR) is 126 cm³/mol. The van der Waals surface area contributed by atoms with Crippen molar-refractivity contribution in [3.8, 4) is 6.01 Å². The molecule has 1 fully saturated rings. The normalized spacial score (nSPS) is 16.2. The maximum absolute atomic E-state index is 11.7. The van der Waals surface area contributed by atoms with Crippen molar-refractivity contribution in [2.24, 2.45) is 5.92 Å². The second-order valence-electron chi connectivity index (χ2n) is 8.45. The number of anilines is 2. The molecule has 1 saturated heterocycles. The van der Waals surface area contributed by atoms with Gasteiger partial charge < -0.3 is 25.4 Å². The summed E-state index contributed by atoms with van der Waals surface area (Å²) in [6, 6.07) is 1.89. The van der Waals surface area contributed by atoms with Gasteiger partial charge >= 0.3 is 6.01 Å². The minimum atomic E-state index is -0.124. The molecule has 33 heavy (non-hydrogen) atoms. The Bertz CT molecular complexity index is 915. The first-order valence-electron chi connectivity index (χ1n) is 11.3. The molecule has 2 aromatic heterocycles. The molecule has 10 nitrogen and oxygen atoms in total. The van der Waals surface area contributed by atoms with Crippen LogP contribution >= 0.6 is 0 Å². The van der Waals surface area contributed by atoms with E-state index in [9.17, 15) is 9.90 Å². The lowest BCUT2D eigenvalue weighted by Crippen LogP contribution is -2.41. The molecule has 1 amide bonds. The van der Waals surface area contributed by atoms with Gasteiger partial charge in [0.1, 0.15) is 11.9 Å². The topological polar surface area (TPSA) is 125 Å². The van der Waals surface area contributed by atoms with Crippen LogP contribution in [-0.2, 0) is 4.79 Å². The fourth-order valence-corrected chi connectivity index (χ4v) is 3.48. The summed E-state index contributed by atoms with van der Waals surface area (Å²) in [6.45, 7) is 10.9. The van der Waals surface area contributed by atoms with Crippen LogP contribution in [0.5, 0.6) is 6.01 Å². The molecule has 2 atom stereocenters. The van der Waals surface area contributed by atoms with E-state index in [0.29, 0.717) is 30.9 Å². The Morgan fingerprint density at radius 1 is 1.24 bits per heavy atom. The number of nitrogens with one attached hydrogen (secondary N) is 2. The standard InChI is InChI=1S/C23H33N7O3/c1-5-21(32)30-10-7-18(8-11-30)33-23-25-12-17(13-26-23)16(4)27-22-24-9-6-20(29-22)28-19(14-31)15(2)3/h5-6,9,12-13,15-16,18-19,31H,1,7-8,10-11,14H2,2-4H3,(H2,24,27,28,29)/t16?,19-/m1/s1. The Morgan fingerprint density at radius 3 is 2.55 bits per heavy atom. The van der Waals surface area contributed by atoms with Crippen molar-refractivity contribution in [2.75, 3.05) is 30.3 Å². The van der Waals surface area contributed by atoms with E-state index in [2.05, 4.69) is 37.1 Å². The summed E-state index contributed by atoms with van der Waals surface area (Å²) in [5.41, 5.74) is 0.867. The van der Waals surface area contributed by atoms with Gasteiger partial charge in [0.2, 0.25) is 11.9 Å². The van der Waals surface area contributed by atoms with Crippen LogP contribution in [0.1, 0.15) is 45.2 Å². The molecule has 178 valence electrons. The number of hydrogen-bond acceptors (Lipinski definition) is 9. The van der Waals surface area contributed by atoms with Crippen molar-refractivity contribution in [3.63, 3.8) is 0 Å². The van der Waals surface area contributed by atoms with Crippen LogP contribution in [0.4, 0.5) is 11.8 Å². The number of carbonyl (C=O) groups excluding carboxylic acids is 1. The summed E-state index contributed by atoms with van der Waals surface area (Å²) in [4.78, 5) is 30.9. The van der Waals surface area contributed by atoms with Crippen LogP contribution in [0.15, 0.2) is 37.3 Å². The zero-order valence-electron chi connectivity index (χ0n) is 19.4. The van der Waals surface area contributed by atoms with E-state index in [1.54, 1.807) is 29.6 Å². The van der Waals surface area contributed by atoms with E-state index in [4.69, 9.17) is 4.74 Å². The molecule has 10 heteroatoms.